The molecule has 0 aliphatic carbocycles. The Balaban J connectivity index is 2.43. The van der Waals surface area contributed by atoms with E-state index in [9.17, 15) is 4.79 Å². The van der Waals surface area contributed by atoms with Crippen molar-refractivity contribution in [3.05, 3.63) is 29.3 Å². The average Bonchev–Trinajstić information content (AvgIpc) is 2.37. The molecule has 0 radical (unpaired) electrons. The van der Waals surface area contributed by atoms with Crippen molar-refractivity contribution >= 4 is 23.2 Å². The van der Waals surface area contributed by atoms with Gasteiger partial charge in [-0.1, -0.05) is 30.7 Å². The number of halogens is 1. The van der Waals surface area contributed by atoms with Crippen molar-refractivity contribution < 1.29 is 4.79 Å². The highest BCUT2D eigenvalue weighted by molar-refractivity contribution is 6.33. The minimum atomic E-state index is -0.126. The lowest BCUT2D eigenvalue weighted by atomic mass is 10.1. The fourth-order valence-electron chi connectivity index (χ4n) is 1.50. The normalized spacial score (nSPS) is 11.6. The summed E-state index contributed by atoms with van der Waals surface area (Å²) in [5.41, 5.74) is 0.621. The highest BCUT2D eigenvalue weighted by Gasteiger charge is 2.08. The molecule has 1 unspecified atom stereocenters. The van der Waals surface area contributed by atoms with Gasteiger partial charge in [-0.3, -0.25) is 4.79 Å². The Kier molecular flexibility index (Phi) is 6.27. The van der Waals surface area contributed by atoms with Crippen molar-refractivity contribution in [2.75, 3.05) is 11.9 Å². The molecule has 0 heterocycles. The highest BCUT2D eigenvalue weighted by Crippen LogP contribution is 2.19. The molecule has 0 bridgehead atoms. The van der Waals surface area contributed by atoms with Crippen LogP contribution in [0.5, 0.6) is 0 Å². The summed E-state index contributed by atoms with van der Waals surface area (Å²) in [6.07, 6.45) is 6.76. The molecule has 0 aliphatic heterocycles. The molecule has 0 aromatic heterocycles. The largest absolute Gasteiger partial charge is 0.324 e. The first kappa shape index (κ1) is 14.6. The molecular formula is C14H17ClN2O. The number of rotatable bonds is 6. The van der Waals surface area contributed by atoms with Gasteiger partial charge < -0.3 is 10.6 Å². The molecule has 1 aromatic carbocycles. The number of hydrogen-bond donors (Lipinski definition) is 2. The van der Waals surface area contributed by atoms with Crippen LogP contribution in [0.4, 0.5) is 5.69 Å². The Hall–Kier alpha value is -1.50. The van der Waals surface area contributed by atoms with E-state index in [2.05, 4.69) is 16.6 Å². The van der Waals surface area contributed by atoms with E-state index >= 15 is 0 Å². The first-order valence-corrected chi connectivity index (χ1v) is 6.26. The number of carbonyl (C=O) groups is 1. The molecule has 0 saturated carbocycles. The van der Waals surface area contributed by atoms with Gasteiger partial charge in [0, 0.05) is 12.5 Å². The summed E-state index contributed by atoms with van der Waals surface area (Å²) in [6.45, 7) is 2.26. The molecule has 18 heavy (non-hydrogen) atoms. The molecule has 2 N–H and O–H groups in total. The Labute approximate surface area is 113 Å². The summed E-state index contributed by atoms with van der Waals surface area (Å²) < 4.78 is 0. The van der Waals surface area contributed by atoms with E-state index in [-0.39, 0.29) is 18.5 Å². The van der Waals surface area contributed by atoms with Gasteiger partial charge in [0.2, 0.25) is 5.91 Å². The molecule has 0 saturated heterocycles. The zero-order chi connectivity index (χ0) is 13.4. The third-order valence-corrected chi connectivity index (χ3v) is 2.89. The van der Waals surface area contributed by atoms with Gasteiger partial charge in [-0.2, -0.15) is 0 Å². The highest BCUT2D eigenvalue weighted by atomic mass is 35.5. The molecule has 96 valence electrons. The summed E-state index contributed by atoms with van der Waals surface area (Å²) in [5.74, 6) is 2.46. The second kappa shape index (κ2) is 7.75. The van der Waals surface area contributed by atoms with Crippen molar-refractivity contribution in [3.8, 4) is 12.3 Å². The minimum Gasteiger partial charge on any atom is -0.324 e. The Morgan fingerprint density at radius 1 is 1.50 bits per heavy atom. The van der Waals surface area contributed by atoms with Crippen LogP contribution in [0.15, 0.2) is 24.3 Å². The topological polar surface area (TPSA) is 41.1 Å². The number of carbonyl (C=O) groups excluding carboxylic acids is 1. The molecule has 3 nitrogen and oxygen atoms in total. The summed E-state index contributed by atoms with van der Waals surface area (Å²) in [5, 5.41) is 6.39. The number of terminal acetylenes is 1. The third kappa shape index (κ3) is 4.79. The molecule has 0 aliphatic rings. The van der Waals surface area contributed by atoms with E-state index < -0.39 is 0 Å². The number of para-hydroxylation sites is 1. The maximum Gasteiger partial charge on any atom is 0.238 e. The van der Waals surface area contributed by atoms with E-state index in [0.717, 1.165) is 6.42 Å². The third-order valence-electron chi connectivity index (χ3n) is 2.56. The molecule has 1 aromatic rings. The predicted molar refractivity (Wildman–Crippen MR) is 75.6 cm³/mol. The van der Waals surface area contributed by atoms with E-state index in [4.69, 9.17) is 18.0 Å². The van der Waals surface area contributed by atoms with E-state index in [1.807, 2.05) is 19.1 Å². The van der Waals surface area contributed by atoms with Crippen LogP contribution in [0.25, 0.3) is 0 Å². The van der Waals surface area contributed by atoms with E-state index in [0.29, 0.717) is 17.1 Å². The van der Waals surface area contributed by atoms with Crippen LogP contribution in [0, 0.1) is 12.3 Å². The second-order valence-electron chi connectivity index (χ2n) is 3.92. The smallest absolute Gasteiger partial charge is 0.238 e. The van der Waals surface area contributed by atoms with Gasteiger partial charge in [-0.15, -0.1) is 12.3 Å². The van der Waals surface area contributed by atoms with Crippen LogP contribution in [-0.4, -0.2) is 18.5 Å². The minimum absolute atomic E-state index is 0.126. The monoisotopic (exact) mass is 264 g/mol. The lowest BCUT2D eigenvalue weighted by Gasteiger charge is -2.14. The van der Waals surface area contributed by atoms with Gasteiger partial charge in [0.25, 0.3) is 0 Å². The summed E-state index contributed by atoms with van der Waals surface area (Å²) in [6, 6.07) is 7.31. The molecule has 1 atom stereocenters. The molecule has 1 rings (SSSR count). The lowest BCUT2D eigenvalue weighted by Crippen LogP contribution is -2.35. The summed E-state index contributed by atoms with van der Waals surface area (Å²) >= 11 is 5.95. The molecule has 4 heteroatoms. The molecule has 1 amide bonds. The number of hydrogen-bond acceptors (Lipinski definition) is 2. The zero-order valence-corrected chi connectivity index (χ0v) is 11.1. The number of amides is 1. The second-order valence-corrected chi connectivity index (χ2v) is 4.33. The molecular weight excluding hydrogens is 248 g/mol. The van der Waals surface area contributed by atoms with Crippen molar-refractivity contribution in [2.24, 2.45) is 0 Å². The van der Waals surface area contributed by atoms with E-state index in [1.165, 1.54) is 0 Å². The van der Waals surface area contributed by atoms with Crippen LogP contribution >= 0.6 is 11.6 Å². The SMILES string of the molecule is C#CCC(CC)NCC(=O)Nc1ccccc1Cl. The van der Waals surface area contributed by atoms with Gasteiger partial charge in [0.1, 0.15) is 0 Å². The van der Waals surface area contributed by atoms with Crippen molar-refractivity contribution in [3.63, 3.8) is 0 Å². The van der Waals surface area contributed by atoms with Gasteiger partial charge in [0.05, 0.1) is 17.3 Å². The van der Waals surface area contributed by atoms with Crippen molar-refractivity contribution in [2.45, 2.75) is 25.8 Å². The van der Waals surface area contributed by atoms with Gasteiger partial charge >= 0.3 is 0 Å². The van der Waals surface area contributed by atoms with Crippen LogP contribution in [0.1, 0.15) is 19.8 Å². The fraction of sp³-hybridized carbons (Fsp3) is 0.357. The Bertz CT molecular complexity index is 440. The maximum atomic E-state index is 11.7. The maximum absolute atomic E-state index is 11.7. The number of nitrogens with one attached hydrogen (secondary N) is 2. The van der Waals surface area contributed by atoms with Crippen LogP contribution in [0.3, 0.4) is 0 Å². The standard InChI is InChI=1S/C14H17ClN2O/c1-3-7-11(4-2)16-10-14(18)17-13-9-6-5-8-12(13)15/h1,5-6,8-9,11,16H,4,7,10H2,2H3,(H,17,18). The van der Waals surface area contributed by atoms with Gasteiger partial charge in [0.15, 0.2) is 0 Å². The first-order chi connectivity index (χ1) is 8.67. The van der Waals surface area contributed by atoms with Crippen LogP contribution in [0.2, 0.25) is 5.02 Å². The fourth-order valence-corrected chi connectivity index (χ4v) is 1.68. The molecule has 0 fully saturated rings. The summed E-state index contributed by atoms with van der Waals surface area (Å²) in [7, 11) is 0. The lowest BCUT2D eigenvalue weighted by molar-refractivity contribution is -0.115. The number of benzene rings is 1. The van der Waals surface area contributed by atoms with Gasteiger partial charge in [-0.05, 0) is 18.6 Å². The predicted octanol–water partition coefficient (Wildman–Crippen LogP) is 2.67. The quantitative estimate of drug-likeness (QED) is 0.776. The number of anilines is 1. The molecule has 0 spiro atoms. The average molecular weight is 265 g/mol. The summed E-state index contributed by atoms with van der Waals surface area (Å²) in [4.78, 5) is 11.7. The Morgan fingerprint density at radius 2 is 2.22 bits per heavy atom. The first-order valence-electron chi connectivity index (χ1n) is 5.88. The van der Waals surface area contributed by atoms with Crippen molar-refractivity contribution in [1.29, 1.82) is 0 Å². The van der Waals surface area contributed by atoms with Crippen LogP contribution in [-0.2, 0) is 4.79 Å². The van der Waals surface area contributed by atoms with E-state index in [1.54, 1.807) is 12.1 Å². The Morgan fingerprint density at radius 3 is 2.83 bits per heavy atom. The zero-order valence-electron chi connectivity index (χ0n) is 10.4. The van der Waals surface area contributed by atoms with Crippen LogP contribution < -0.4 is 10.6 Å². The van der Waals surface area contributed by atoms with Crippen molar-refractivity contribution in [1.82, 2.24) is 5.32 Å². The van der Waals surface area contributed by atoms with Gasteiger partial charge in [-0.25, -0.2) is 0 Å².